The zero-order chi connectivity index (χ0) is 10.6. The van der Waals surface area contributed by atoms with Crippen molar-refractivity contribution in [1.82, 2.24) is 4.90 Å². The monoisotopic (exact) mass is 231 g/mol. The number of nitrogens with zero attached hydrogens (tertiary/aromatic N) is 1. The lowest BCUT2D eigenvalue weighted by atomic mass is 10.1. The predicted octanol–water partition coefficient (Wildman–Crippen LogP) is 1.93. The van der Waals surface area contributed by atoms with Crippen LogP contribution in [0.25, 0.3) is 0 Å². The zero-order valence-electron chi connectivity index (χ0n) is 9.36. The Balaban J connectivity index is 0.00000196. The largest absolute Gasteiger partial charge is 0.504 e. The first-order valence-corrected chi connectivity index (χ1v) is 4.64. The predicted molar refractivity (Wildman–Crippen MR) is 64.2 cm³/mol. The molecule has 1 rings (SSSR count). The zero-order valence-corrected chi connectivity index (χ0v) is 10.2. The van der Waals surface area contributed by atoms with Crippen molar-refractivity contribution in [2.24, 2.45) is 0 Å². The number of phenols is 1. The maximum absolute atomic E-state index is 9.38. The number of rotatable bonds is 4. The molecule has 0 spiro atoms. The van der Waals surface area contributed by atoms with Crippen LogP contribution in [0.5, 0.6) is 11.5 Å². The van der Waals surface area contributed by atoms with E-state index in [1.165, 1.54) is 5.56 Å². The summed E-state index contributed by atoms with van der Waals surface area (Å²) in [6.07, 6.45) is 0.962. The minimum absolute atomic E-state index is 0. The molecule has 0 radical (unpaired) electrons. The summed E-state index contributed by atoms with van der Waals surface area (Å²) in [6.45, 7) is 0.994. The van der Waals surface area contributed by atoms with Gasteiger partial charge in [-0.15, -0.1) is 12.4 Å². The van der Waals surface area contributed by atoms with E-state index in [-0.39, 0.29) is 18.2 Å². The molecule has 3 nitrogen and oxygen atoms in total. The number of ether oxygens (including phenoxy) is 1. The topological polar surface area (TPSA) is 32.7 Å². The van der Waals surface area contributed by atoms with E-state index >= 15 is 0 Å². The van der Waals surface area contributed by atoms with Gasteiger partial charge in [-0.3, -0.25) is 0 Å². The molecule has 1 N–H and O–H groups in total. The van der Waals surface area contributed by atoms with E-state index in [9.17, 15) is 5.11 Å². The Labute approximate surface area is 97.1 Å². The SMILES string of the molecule is COc1cc(CCN(C)C)ccc1O.Cl. The van der Waals surface area contributed by atoms with E-state index in [1.54, 1.807) is 13.2 Å². The van der Waals surface area contributed by atoms with Crippen molar-refractivity contribution in [2.75, 3.05) is 27.7 Å². The number of aromatic hydroxyl groups is 1. The highest BCUT2D eigenvalue weighted by Crippen LogP contribution is 2.26. The molecule has 0 aromatic heterocycles. The van der Waals surface area contributed by atoms with Crippen molar-refractivity contribution in [3.05, 3.63) is 23.8 Å². The third-order valence-electron chi connectivity index (χ3n) is 2.09. The van der Waals surface area contributed by atoms with Gasteiger partial charge in [0.25, 0.3) is 0 Å². The number of benzene rings is 1. The molecule has 0 aliphatic carbocycles. The second-order valence-electron chi connectivity index (χ2n) is 3.56. The van der Waals surface area contributed by atoms with Gasteiger partial charge in [-0.1, -0.05) is 6.07 Å². The first kappa shape index (κ1) is 14.1. The fraction of sp³-hybridized carbons (Fsp3) is 0.455. The summed E-state index contributed by atoms with van der Waals surface area (Å²) >= 11 is 0. The molecule has 0 saturated carbocycles. The second-order valence-corrected chi connectivity index (χ2v) is 3.56. The molecular formula is C11H18ClNO2. The van der Waals surface area contributed by atoms with Gasteiger partial charge < -0.3 is 14.7 Å². The quantitative estimate of drug-likeness (QED) is 0.860. The highest BCUT2D eigenvalue weighted by Gasteiger charge is 2.02. The fourth-order valence-corrected chi connectivity index (χ4v) is 1.23. The van der Waals surface area contributed by atoms with Gasteiger partial charge >= 0.3 is 0 Å². The van der Waals surface area contributed by atoms with Gasteiger partial charge in [-0.05, 0) is 38.2 Å². The number of halogens is 1. The average Bonchev–Trinajstić information content (AvgIpc) is 2.16. The normalized spacial score (nSPS) is 9.87. The summed E-state index contributed by atoms with van der Waals surface area (Å²) in [5.41, 5.74) is 1.17. The fourth-order valence-electron chi connectivity index (χ4n) is 1.23. The summed E-state index contributed by atoms with van der Waals surface area (Å²) < 4.78 is 5.03. The Morgan fingerprint density at radius 1 is 1.33 bits per heavy atom. The summed E-state index contributed by atoms with van der Waals surface area (Å²) in [4.78, 5) is 2.12. The lowest BCUT2D eigenvalue weighted by molar-refractivity contribution is 0.372. The molecule has 0 bridgehead atoms. The minimum Gasteiger partial charge on any atom is -0.504 e. The van der Waals surface area contributed by atoms with Crippen LogP contribution >= 0.6 is 12.4 Å². The molecule has 1 aromatic rings. The first-order chi connectivity index (χ1) is 6.63. The van der Waals surface area contributed by atoms with Crippen LogP contribution in [-0.4, -0.2) is 37.8 Å². The highest BCUT2D eigenvalue weighted by atomic mass is 35.5. The van der Waals surface area contributed by atoms with E-state index in [0.717, 1.165) is 13.0 Å². The second kappa shape index (κ2) is 6.53. The van der Waals surface area contributed by atoms with Crippen LogP contribution in [0, 0.1) is 0 Å². The van der Waals surface area contributed by atoms with Gasteiger partial charge in [-0.25, -0.2) is 0 Å². The highest BCUT2D eigenvalue weighted by molar-refractivity contribution is 5.85. The van der Waals surface area contributed by atoms with Crippen LogP contribution < -0.4 is 4.74 Å². The Kier molecular flexibility index (Phi) is 6.13. The van der Waals surface area contributed by atoms with Crippen LogP contribution in [0.1, 0.15) is 5.56 Å². The molecule has 0 heterocycles. The van der Waals surface area contributed by atoms with Gasteiger partial charge in [0.2, 0.25) is 0 Å². The van der Waals surface area contributed by atoms with Crippen molar-refractivity contribution in [3.63, 3.8) is 0 Å². The van der Waals surface area contributed by atoms with Crippen LogP contribution in [-0.2, 0) is 6.42 Å². The van der Waals surface area contributed by atoms with Gasteiger partial charge in [-0.2, -0.15) is 0 Å². The summed E-state index contributed by atoms with van der Waals surface area (Å²) in [6, 6.07) is 5.46. The molecule has 86 valence electrons. The molecule has 0 aliphatic heterocycles. The number of hydrogen-bond acceptors (Lipinski definition) is 3. The smallest absolute Gasteiger partial charge is 0.160 e. The Bertz CT molecular complexity index is 303. The van der Waals surface area contributed by atoms with E-state index in [2.05, 4.69) is 4.90 Å². The maximum Gasteiger partial charge on any atom is 0.160 e. The van der Waals surface area contributed by atoms with Crippen molar-refractivity contribution < 1.29 is 9.84 Å². The van der Waals surface area contributed by atoms with Gasteiger partial charge in [0.15, 0.2) is 11.5 Å². The minimum atomic E-state index is 0. The molecular weight excluding hydrogens is 214 g/mol. The Hall–Kier alpha value is -0.930. The molecule has 0 atom stereocenters. The van der Waals surface area contributed by atoms with Crippen molar-refractivity contribution >= 4 is 12.4 Å². The third kappa shape index (κ3) is 4.40. The summed E-state index contributed by atoms with van der Waals surface area (Å²) in [5.74, 6) is 0.738. The van der Waals surface area contributed by atoms with E-state index < -0.39 is 0 Å². The number of likely N-dealkylation sites (N-methyl/N-ethyl adjacent to an activating group) is 1. The van der Waals surface area contributed by atoms with Gasteiger partial charge in [0.05, 0.1) is 7.11 Å². The molecule has 0 aliphatic rings. The first-order valence-electron chi connectivity index (χ1n) is 4.64. The third-order valence-corrected chi connectivity index (χ3v) is 2.09. The van der Waals surface area contributed by atoms with Crippen molar-refractivity contribution in [3.8, 4) is 11.5 Å². The number of methoxy groups -OCH3 is 1. The van der Waals surface area contributed by atoms with Gasteiger partial charge in [0.1, 0.15) is 0 Å². The molecule has 0 unspecified atom stereocenters. The average molecular weight is 232 g/mol. The Morgan fingerprint density at radius 2 is 2.00 bits per heavy atom. The van der Waals surface area contributed by atoms with Gasteiger partial charge in [0, 0.05) is 6.54 Å². The lowest BCUT2D eigenvalue weighted by Gasteiger charge is -2.10. The summed E-state index contributed by atoms with van der Waals surface area (Å²) in [5, 5.41) is 9.38. The lowest BCUT2D eigenvalue weighted by Crippen LogP contribution is -2.14. The van der Waals surface area contributed by atoms with E-state index in [4.69, 9.17) is 4.74 Å². The molecule has 0 saturated heterocycles. The number of hydrogen-bond donors (Lipinski definition) is 1. The Morgan fingerprint density at radius 3 is 2.53 bits per heavy atom. The van der Waals surface area contributed by atoms with Crippen LogP contribution in [0.4, 0.5) is 0 Å². The number of phenolic OH excluding ortho intramolecular Hbond substituents is 1. The molecule has 4 heteroatoms. The van der Waals surface area contributed by atoms with E-state index in [1.807, 2.05) is 26.2 Å². The maximum atomic E-state index is 9.38. The summed E-state index contributed by atoms with van der Waals surface area (Å²) in [7, 11) is 5.64. The van der Waals surface area contributed by atoms with Crippen molar-refractivity contribution in [1.29, 1.82) is 0 Å². The standard InChI is InChI=1S/C11H17NO2.ClH/c1-12(2)7-6-9-4-5-10(13)11(8-9)14-3;/h4-5,8,13H,6-7H2,1-3H3;1H. The van der Waals surface area contributed by atoms with Crippen molar-refractivity contribution in [2.45, 2.75) is 6.42 Å². The van der Waals surface area contributed by atoms with Crippen LogP contribution in [0.2, 0.25) is 0 Å². The molecule has 1 aromatic carbocycles. The molecule has 15 heavy (non-hydrogen) atoms. The van der Waals surface area contributed by atoms with E-state index in [0.29, 0.717) is 5.75 Å². The van der Waals surface area contributed by atoms with Crippen LogP contribution in [0.15, 0.2) is 18.2 Å². The molecule has 0 amide bonds. The molecule has 0 fully saturated rings. The van der Waals surface area contributed by atoms with Crippen LogP contribution in [0.3, 0.4) is 0 Å².